The molecule has 3 aromatic rings. The maximum Gasteiger partial charge on any atom is 0.224 e. The van der Waals surface area contributed by atoms with E-state index in [0.29, 0.717) is 19.6 Å². The number of ether oxygens (including phenoxy) is 1. The molecule has 0 aliphatic rings. The van der Waals surface area contributed by atoms with Crippen molar-refractivity contribution in [2.45, 2.75) is 19.9 Å². The molecule has 2 heterocycles. The Balaban J connectivity index is 1.61. The molecular weight excluding hydrogens is 326 g/mol. The maximum absolute atomic E-state index is 12.3. The predicted octanol–water partition coefficient (Wildman–Crippen LogP) is 3.40. The highest BCUT2D eigenvalue weighted by Gasteiger charge is 2.08. The lowest BCUT2D eigenvalue weighted by molar-refractivity contribution is -0.120. The fraction of sp³-hybridized carbons (Fsp3) is 0.190. The average molecular weight is 347 g/mol. The van der Waals surface area contributed by atoms with Crippen molar-refractivity contribution >= 4 is 5.91 Å². The molecule has 1 aromatic carbocycles. The van der Waals surface area contributed by atoms with Gasteiger partial charge in [0, 0.05) is 30.7 Å². The number of rotatable bonds is 7. The zero-order valence-electron chi connectivity index (χ0n) is 14.7. The minimum absolute atomic E-state index is 0.0290. The number of aromatic nitrogens is 2. The van der Waals surface area contributed by atoms with Gasteiger partial charge in [-0.15, -0.1) is 0 Å². The quantitative estimate of drug-likeness (QED) is 0.711. The second-order valence-electron chi connectivity index (χ2n) is 5.78. The Hall–Kier alpha value is -3.21. The molecule has 1 N–H and O–H groups in total. The van der Waals surface area contributed by atoms with Crippen LogP contribution in [0.2, 0.25) is 0 Å². The van der Waals surface area contributed by atoms with E-state index in [4.69, 9.17) is 4.74 Å². The van der Waals surface area contributed by atoms with Crippen molar-refractivity contribution in [1.82, 2.24) is 15.3 Å². The van der Waals surface area contributed by atoms with Crippen molar-refractivity contribution < 1.29 is 9.53 Å². The van der Waals surface area contributed by atoms with E-state index in [-0.39, 0.29) is 5.91 Å². The molecule has 0 radical (unpaired) electrons. The van der Waals surface area contributed by atoms with Crippen molar-refractivity contribution in [3.63, 3.8) is 0 Å². The molecule has 1 amide bonds. The summed E-state index contributed by atoms with van der Waals surface area (Å²) < 4.78 is 5.41. The molecule has 2 aromatic heterocycles. The molecule has 0 aliphatic carbocycles. The summed E-state index contributed by atoms with van der Waals surface area (Å²) in [6.07, 6.45) is 5.55. The highest BCUT2D eigenvalue weighted by Crippen LogP contribution is 2.20. The summed E-state index contributed by atoms with van der Waals surface area (Å²) >= 11 is 0. The van der Waals surface area contributed by atoms with Crippen molar-refractivity contribution in [1.29, 1.82) is 0 Å². The number of nitrogens with zero attached hydrogens (tertiary/aromatic N) is 2. The molecule has 3 rings (SSSR count). The van der Waals surface area contributed by atoms with Gasteiger partial charge < -0.3 is 10.1 Å². The van der Waals surface area contributed by atoms with Gasteiger partial charge in [-0.1, -0.05) is 18.2 Å². The number of benzene rings is 1. The molecule has 0 atom stereocenters. The topological polar surface area (TPSA) is 64.1 Å². The SMILES string of the molecule is CCOc1ccc(CC(=O)NCc2cccnc2-c2ccncc2)cc1. The Morgan fingerprint density at radius 3 is 2.54 bits per heavy atom. The van der Waals surface area contributed by atoms with Gasteiger partial charge >= 0.3 is 0 Å². The van der Waals surface area contributed by atoms with Gasteiger partial charge in [-0.2, -0.15) is 0 Å². The van der Waals surface area contributed by atoms with Crippen molar-refractivity contribution in [2.75, 3.05) is 6.61 Å². The molecule has 0 spiro atoms. The number of nitrogens with one attached hydrogen (secondary N) is 1. The first-order valence-corrected chi connectivity index (χ1v) is 8.59. The van der Waals surface area contributed by atoms with E-state index in [1.54, 1.807) is 18.6 Å². The van der Waals surface area contributed by atoms with Gasteiger partial charge in [-0.25, -0.2) is 0 Å². The lowest BCUT2D eigenvalue weighted by Gasteiger charge is -2.10. The van der Waals surface area contributed by atoms with Gasteiger partial charge in [-0.3, -0.25) is 14.8 Å². The van der Waals surface area contributed by atoms with Crippen molar-refractivity contribution in [3.8, 4) is 17.0 Å². The summed E-state index contributed by atoms with van der Waals surface area (Å²) in [5.41, 5.74) is 3.76. The van der Waals surface area contributed by atoms with Crippen LogP contribution in [0, 0.1) is 0 Å². The van der Waals surface area contributed by atoms with E-state index >= 15 is 0 Å². The van der Waals surface area contributed by atoms with Crippen molar-refractivity contribution in [2.24, 2.45) is 0 Å². The molecule has 0 saturated heterocycles. The number of amides is 1. The lowest BCUT2D eigenvalue weighted by Crippen LogP contribution is -2.25. The minimum Gasteiger partial charge on any atom is -0.494 e. The van der Waals surface area contributed by atoms with E-state index in [1.807, 2.05) is 55.5 Å². The fourth-order valence-corrected chi connectivity index (χ4v) is 2.66. The van der Waals surface area contributed by atoms with Crippen LogP contribution in [0.15, 0.2) is 67.1 Å². The second-order valence-corrected chi connectivity index (χ2v) is 5.78. The van der Waals surface area contributed by atoms with Crippen LogP contribution in [0.4, 0.5) is 0 Å². The largest absolute Gasteiger partial charge is 0.494 e. The predicted molar refractivity (Wildman–Crippen MR) is 101 cm³/mol. The van der Waals surface area contributed by atoms with Crippen LogP contribution in [0.1, 0.15) is 18.1 Å². The van der Waals surface area contributed by atoms with Crippen LogP contribution in [0.25, 0.3) is 11.3 Å². The van der Waals surface area contributed by atoms with Crippen LogP contribution in [0.5, 0.6) is 5.75 Å². The van der Waals surface area contributed by atoms with Gasteiger partial charge in [0.2, 0.25) is 5.91 Å². The van der Waals surface area contributed by atoms with E-state index in [0.717, 1.165) is 28.1 Å². The summed E-state index contributed by atoms with van der Waals surface area (Å²) in [4.78, 5) is 20.7. The molecule has 5 nitrogen and oxygen atoms in total. The third-order valence-electron chi connectivity index (χ3n) is 3.92. The number of carbonyl (C=O) groups excluding carboxylic acids is 1. The molecule has 0 aliphatic heterocycles. The Bertz CT molecular complexity index is 849. The van der Waals surface area contributed by atoms with Gasteiger partial charge in [0.15, 0.2) is 0 Å². The molecule has 0 unspecified atom stereocenters. The first kappa shape index (κ1) is 17.6. The molecule has 0 fully saturated rings. The highest BCUT2D eigenvalue weighted by molar-refractivity contribution is 5.78. The summed E-state index contributed by atoms with van der Waals surface area (Å²) in [5, 5.41) is 2.97. The molecule has 0 bridgehead atoms. The molecule has 132 valence electrons. The van der Waals surface area contributed by atoms with Crippen molar-refractivity contribution in [3.05, 3.63) is 78.2 Å². The molecular formula is C21H21N3O2. The Kier molecular flexibility index (Phi) is 5.93. The van der Waals surface area contributed by atoms with Crippen LogP contribution >= 0.6 is 0 Å². The van der Waals surface area contributed by atoms with E-state index < -0.39 is 0 Å². The molecule has 26 heavy (non-hydrogen) atoms. The third-order valence-corrected chi connectivity index (χ3v) is 3.92. The smallest absolute Gasteiger partial charge is 0.224 e. The Morgan fingerprint density at radius 2 is 1.81 bits per heavy atom. The maximum atomic E-state index is 12.3. The van der Waals surface area contributed by atoms with Gasteiger partial charge in [0.05, 0.1) is 18.7 Å². The zero-order valence-corrected chi connectivity index (χ0v) is 14.7. The standard InChI is InChI=1S/C21H21N3O2/c1-2-26-19-7-5-16(6-8-19)14-20(25)24-15-18-4-3-11-23-21(18)17-9-12-22-13-10-17/h3-13H,2,14-15H2,1H3,(H,24,25). The van der Waals surface area contributed by atoms with Gasteiger partial charge in [-0.05, 0) is 48.4 Å². The van der Waals surface area contributed by atoms with E-state index in [1.165, 1.54) is 0 Å². The molecule has 0 saturated carbocycles. The Morgan fingerprint density at radius 1 is 1.04 bits per heavy atom. The normalized spacial score (nSPS) is 10.3. The van der Waals surface area contributed by atoms with Gasteiger partial charge in [0.1, 0.15) is 5.75 Å². The summed E-state index contributed by atoms with van der Waals surface area (Å²) in [6, 6.07) is 15.3. The summed E-state index contributed by atoms with van der Waals surface area (Å²) in [6.45, 7) is 3.01. The average Bonchev–Trinajstić information content (AvgIpc) is 2.69. The van der Waals surface area contributed by atoms with E-state index in [2.05, 4.69) is 15.3 Å². The number of hydrogen-bond donors (Lipinski definition) is 1. The minimum atomic E-state index is -0.0290. The summed E-state index contributed by atoms with van der Waals surface area (Å²) in [7, 11) is 0. The first-order valence-electron chi connectivity index (χ1n) is 8.59. The van der Waals surface area contributed by atoms with Crippen LogP contribution in [-0.4, -0.2) is 22.5 Å². The number of pyridine rings is 2. The lowest BCUT2D eigenvalue weighted by atomic mass is 10.1. The third kappa shape index (κ3) is 4.66. The van der Waals surface area contributed by atoms with E-state index in [9.17, 15) is 4.79 Å². The monoisotopic (exact) mass is 347 g/mol. The van der Waals surface area contributed by atoms with Crippen LogP contribution in [-0.2, 0) is 17.8 Å². The Labute approximate surface area is 153 Å². The van der Waals surface area contributed by atoms with Gasteiger partial charge in [0.25, 0.3) is 0 Å². The fourth-order valence-electron chi connectivity index (χ4n) is 2.66. The summed E-state index contributed by atoms with van der Waals surface area (Å²) in [5.74, 6) is 0.785. The zero-order chi connectivity index (χ0) is 18.2. The van der Waals surface area contributed by atoms with Crippen LogP contribution in [0.3, 0.4) is 0 Å². The highest BCUT2D eigenvalue weighted by atomic mass is 16.5. The first-order chi connectivity index (χ1) is 12.8. The molecule has 5 heteroatoms. The number of carbonyl (C=O) groups is 1. The second kappa shape index (κ2) is 8.76. The van der Waals surface area contributed by atoms with Crippen LogP contribution < -0.4 is 10.1 Å². The number of hydrogen-bond acceptors (Lipinski definition) is 4.